The van der Waals surface area contributed by atoms with Crippen LogP contribution in [0, 0.1) is 11.3 Å². The number of nitriles is 1. The number of furan rings is 1. The van der Waals surface area contributed by atoms with E-state index >= 15 is 0 Å². The number of anilines is 1. The lowest BCUT2D eigenvalue weighted by Gasteiger charge is -2.39. The summed E-state index contributed by atoms with van der Waals surface area (Å²) in [6, 6.07) is 16.4. The van der Waals surface area contributed by atoms with Crippen LogP contribution in [0.2, 0.25) is 0 Å². The van der Waals surface area contributed by atoms with Crippen LogP contribution in [0.1, 0.15) is 49.1 Å². The molecule has 2 heterocycles. The van der Waals surface area contributed by atoms with Crippen molar-refractivity contribution in [3.05, 3.63) is 54.3 Å². The van der Waals surface area contributed by atoms with Gasteiger partial charge < -0.3 is 19.8 Å². The van der Waals surface area contributed by atoms with Crippen molar-refractivity contribution >= 4 is 34.6 Å². The molecule has 1 aliphatic heterocycles. The second-order valence-electron chi connectivity index (χ2n) is 10.7. The van der Waals surface area contributed by atoms with Gasteiger partial charge in [-0.1, -0.05) is 24.3 Å². The van der Waals surface area contributed by atoms with Gasteiger partial charge in [0.15, 0.2) is 5.76 Å². The number of hydrogen-bond acceptors (Lipinski definition) is 6. The van der Waals surface area contributed by atoms with Crippen LogP contribution in [0.25, 0.3) is 22.1 Å². The molecule has 6 rings (SSSR count). The van der Waals surface area contributed by atoms with Crippen molar-refractivity contribution in [2.24, 2.45) is 0 Å². The molecule has 0 atom stereocenters. The maximum absolute atomic E-state index is 14.0. The zero-order chi connectivity index (χ0) is 28.1. The van der Waals surface area contributed by atoms with Crippen molar-refractivity contribution in [1.29, 1.82) is 5.26 Å². The van der Waals surface area contributed by atoms with Gasteiger partial charge in [0.2, 0.25) is 11.8 Å². The van der Waals surface area contributed by atoms with Gasteiger partial charge in [0.05, 0.1) is 12.6 Å². The molecule has 11 heteroatoms. The lowest BCUT2D eigenvalue weighted by molar-refractivity contribution is -0.133. The van der Waals surface area contributed by atoms with Gasteiger partial charge in [0.1, 0.15) is 23.3 Å². The summed E-state index contributed by atoms with van der Waals surface area (Å²) in [6.45, 7) is 0.844. The minimum absolute atomic E-state index is 0.0547. The van der Waals surface area contributed by atoms with E-state index in [1.165, 1.54) is 6.07 Å². The summed E-state index contributed by atoms with van der Waals surface area (Å²) in [5.74, 6) is -4.30. The zero-order valence-electron chi connectivity index (χ0n) is 21.5. The van der Waals surface area contributed by atoms with E-state index in [9.17, 15) is 28.4 Å². The van der Waals surface area contributed by atoms with E-state index < -0.39 is 41.7 Å². The third-order valence-corrected chi connectivity index (χ3v) is 7.96. The predicted octanol–water partition coefficient (Wildman–Crippen LogP) is 4.91. The first kappa shape index (κ1) is 25.8. The Morgan fingerprint density at radius 3 is 2.25 bits per heavy atom. The van der Waals surface area contributed by atoms with Crippen molar-refractivity contribution in [3.63, 3.8) is 0 Å². The maximum Gasteiger partial charge on any atom is 0.414 e. The molecule has 0 spiro atoms. The summed E-state index contributed by atoms with van der Waals surface area (Å²) >= 11 is 0. The number of carbonyl (C=O) groups excluding carboxylic acids is 3. The number of halogens is 2. The summed E-state index contributed by atoms with van der Waals surface area (Å²) in [6.07, 6.45) is -1.04. The highest BCUT2D eigenvalue weighted by molar-refractivity contribution is 6.01. The van der Waals surface area contributed by atoms with Crippen molar-refractivity contribution in [2.75, 3.05) is 18.1 Å². The first-order valence-electron chi connectivity index (χ1n) is 13.1. The fraction of sp³-hybridized carbons (Fsp3) is 0.379. The number of cyclic esters (lactones) is 1. The van der Waals surface area contributed by atoms with Gasteiger partial charge in [-0.3, -0.25) is 14.5 Å². The number of benzene rings is 2. The Hall–Kier alpha value is -4.46. The van der Waals surface area contributed by atoms with Crippen LogP contribution < -0.4 is 15.5 Å². The Labute approximate surface area is 228 Å². The third-order valence-electron chi connectivity index (χ3n) is 7.96. The summed E-state index contributed by atoms with van der Waals surface area (Å²) in [7, 11) is 0. The van der Waals surface area contributed by atoms with Crippen molar-refractivity contribution < 1.29 is 32.3 Å². The number of carbonyl (C=O) groups is 3. The third kappa shape index (κ3) is 4.74. The van der Waals surface area contributed by atoms with Gasteiger partial charge in [0.25, 0.3) is 5.91 Å². The molecule has 2 aliphatic carbocycles. The lowest BCUT2D eigenvalue weighted by atomic mass is 9.78. The number of fused-ring (bicyclic) bond motifs is 1. The molecular weight excluding hydrogens is 522 g/mol. The number of ether oxygens (including phenoxy) is 1. The first-order chi connectivity index (χ1) is 19.1. The molecule has 3 aromatic rings. The molecule has 9 nitrogen and oxygen atoms in total. The largest absolute Gasteiger partial charge is 0.451 e. The van der Waals surface area contributed by atoms with E-state index in [4.69, 9.17) is 9.15 Å². The number of amides is 3. The highest BCUT2D eigenvalue weighted by atomic mass is 19.3. The monoisotopic (exact) mass is 548 g/mol. The van der Waals surface area contributed by atoms with Gasteiger partial charge >= 0.3 is 6.09 Å². The smallest absolute Gasteiger partial charge is 0.414 e. The molecule has 2 N–H and O–H groups in total. The van der Waals surface area contributed by atoms with E-state index in [0.717, 1.165) is 16.8 Å². The van der Waals surface area contributed by atoms with Crippen LogP contribution in [0.3, 0.4) is 0 Å². The average molecular weight is 549 g/mol. The fourth-order valence-electron chi connectivity index (χ4n) is 5.24. The quantitative estimate of drug-likeness (QED) is 0.451. The Bertz CT molecular complexity index is 1540. The highest BCUT2D eigenvalue weighted by Gasteiger charge is 2.53. The molecular formula is C29H26F2N4O5. The number of nitrogens with zero attached hydrogens (tertiary/aromatic N) is 2. The summed E-state index contributed by atoms with van der Waals surface area (Å²) in [5.41, 5.74) is 0.279. The van der Waals surface area contributed by atoms with E-state index in [1.807, 2.05) is 30.3 Å². The standard InChI is InChI=1S/C29H26F2N4O5/c30-29(31)11-9-28(10-12-29,25(37)34-27(17-32)7-8-27)33-24(36)23-16-20-2-1-19(15-22(20)40-23)18-3-5-21(6-4-18)35-13-14-39-26(35)38/h1-6,15-16H,7-14H2,(H,33,36)(H,34,37). The minimum atomic E-state index is -2.92. The SMILES string of the molecule is N#CC1(NC(=O)C2(NC(=O)c3cc4ccc(-c5ccc(N6CCOC6=O)cc5)cc4o3)CCC(F)(F)CC2)CC1. The van der Waals surface area contributed by atoms with Crippen LogP contribution in [0.4, 0.5) is 19.3 Å². The molecule has 3 amide bonds. The topological polar surface area (TPSA) is 125 Å². The van der Waals surface area contributed by atoms with Crippen molar-refractivity contribution in [2.45, 2.75) is 55.5 Å². The predicted molar refractivity (Wildman–Crippen MR) is 140 cm³/mol. The highest BCUT2D eigenvalue weighted by Crippen LogP contribution is 2.41. The average Bonchev–Trinajstić information content (AvgIpc) is 3.36. The maximum atomic E-state index is 14.0. The molecule has 2 saturated carbocycles. The lowest BCUT2D eigenvalue weighted by Crippen LogP contribution is -2.62. The number of nitrogens with one attached hydrogen (secondary N) is 2. The molecule has 1 aromatic heterocycles. The van der Waals surface area contributed by atoms with Crippen LogP contribution >= 0.6 is 0 Å². The summed E-state index contributed by atoms with van der Waals surface area (Å²) in [5, 5.41) is 15.4. The molecule has 2 aromatic carbocycles. The number of alkyl halides is 2. The Morgan fingerprint density at radius 1 is 0.925 bits per heavy atom. The molecule has 0 unspecified atom stereocenters. The molecule has 40 heavy (non-hydrogen) atoms. The first-order valence-corrected chi connectivity index (χ1v) is 13.1. The van der Waals surface area contributed by atoms with Crippen molar-refractivity contribution in [3.8, 4) is 17.2 Å². The van der Waals surface area contributed by atoms with Gasteiger partial charge in [-0.25, -0.2) is 13.6 Å². The molecule has 0 bridgehead atoms. The minimum Gasteiger partial charge on any atom is -0.451 e. The summed E-state index contributed by atoms with van der Waals surface area (Å²) < 4.78 is 38.8. The number of hydrogen-bond donors (Lipinski definition) is 2. The Balaban J connectivity index is 1.22. The van der Waals surface area contributed by atoms with Crippen LogP contribution in [-0.2, 0) is 9.53 Å². The zero-order valence-corrected chi connectivity index (χ0v) is 21.5. The van der Waals surface area contributed by atoms with Gasteiger partial charge in [-0.05, 0) is 61.1 Å². The van der Waals surface area contributed by atoms with Crippen LogP contribution in [0.5, 0.6) is 0 Å². The fourth-order valence-corrected chi connectivity index (χ4v) is 5.24. The molecule has 1 saturated heterocycles. The normalized spacial score (nSPS) is 20.4. The van der Waals surface area contributed by atoms with Crippen LogP contribution in [-0.4, -0.2) is 48.1 Å². The van der Waals surface area contributed by atoms with E-state index in [-0.39, 0.29) is 24.7 Å². The van der Waals surface area contributed by atoms with Gasteiger partial charge in [-0.15, -0.1) is 0 Å². The van der Waals surface area contributed by atoms with E-state index in [2.05, 4.69) is 16.7 Å². The molecule has 3 fully saturated rings. The number of rotatable bonds is 6. The molecule has 0 radical (unpaired) electrons. The molecule has 206 valence electrons. The molecule has 3 aliphatic rings. The van der Waals surface area contributed by atoms with E-state index in [1.54, 1.807) is 17.0 Å². The second kappa shape index (κ2) is 9.33. The second-order valence-corrected chi connectivity index (χ2v) is 10.7. The van der Waals surface area contributed by atoms with Crippen LogP contribution in [0.15, 0.2) is 52.9 Å². The van der Waals surface area contributed by atoms with Gasteiger partial charge in [0, 0.05) is 23.9 Å². The Morgan fingerprint density at radius 2 is 1.62 bits per heavy atom. The van der Waals surface area contributed by atoms with Gasteiger partial charge in [-0.2, -0.15) is 5.26 Å². The summed E-state index contributed by atoms with van der Waals surface area (Å²) in [4.78, 5) is 39.9. The van der Waals surface area contributed by atoms with Crippen molar-refractivity contribution in [1.82, 2.24) is 10.6 Å². The Kier molecular flexibility index (Phi) is 6.02. The van der Waals surface area contributed by atoms with E-state index in [0.29, 0.717) is 37.0 Å².